The summed E-state index contributed by atoms with van der Waals surface area (Å²) in [5, 5.41) is 22.6. The van der Waals surface area contributed by atoms with Crippen LogP contribution in [0.1, 0.15) is 15.9 Å². The molecule has 5 nitrogen and oxygen atoms in total. The number of nitrogens with one attached hydrogen (secondary N) is 1. The number of benzene rings is 2. The minimum Gasteiger partial charge on any atom is -0.491 e. The van der Waals surface area contributed by atoms with Gasteiger partial charge in [-0.1, -0.05) is 11.6 Å². The van der Waals surface area contributed by atoms with Gasteiger partial charge in [-0.05, 0) is 55.0 Å². The van der Waals surface area contributed by atoms with Crippen molar-refractivity contribution in [3.63, 3.8) is 0 Å². The smallest absolute Gasteiger partial charge is 0.335 e. The minimum absolute atomic E-state index is 0.104. The van der Waals surface area contributed by atoms with E-state index in [4.69, 9.17) is 21.4 Å². The molecule has 0 heterocycles. The van der Waals surface area contributed by atoms with Crippen molar-refractivity contribution in [3.8, 4) is 5.75 Å². The molecule has 23 heavy (non-hydrogen) atoms. The fourth-order valence-electron chi connectivity index (χ4n) is 2.02. The summed E-state index contributed by atoms with van der Waals surface area (Å²) >= 11 is 5.80. The van der Waals surface area contributed by atoms with Crippen LogP contribution in [-0.2, 0) is 0 Å². The Bertz CT molecular complexity index is 673. The zero-order valence-electron chi connectivity index (χ0n) is 12.6. The second-order valence-corrected chi connectivity index (χ2v) is 5.57. The van der Waals surface area contributed by atoms with E-state index in [1.807, 2.05) is 12.1 Å². The second kappa shape index (κ2) is 7.85. The summed E-state index contributed by atoms with van der Waals surface area (Å²) in [7, 11) is 0. The van der Waals surface area contributed by atoms with Crippen LogP contribution in [0.2, 0.25) is 5.02 Å². The van der Waals surface area contributed by atoms with Crippen molar-refractivity contribution < 1.29 is 19.7 Å². The Balaban J connectivity index is 1.82. The molecule has 122 valence electrons. The Labute approximate surface area is 139 Å². The zero-order valence-corrected chi connectivity index (χ0v) is 13.4. The van der Waals surface area contributed by atoms with E-state index in [0.29, 0.717) is 22.9 Å². The first-order valence-electron chi connectivity index (χ1n) is 7.10. The number of aryl methyl sites for hydroxylation is 1. The maximum absolute atomic E-state index is 10.9. The molecule has 0 aliphatic rings. The number of carbonyl (C=O) groups is 1. The van der Waals surface area contributed by atoms with Gasteiger partial charge < -0.3 is 20.3 Å². The molecule has 0 bridgehead atoms. The molecule has 0 amide bonds. The number of rotatable bonds is 7. The highest BCUT2D eigenvalue weighted by Gasteiger charge is 2.09. The number of hydrogen-bond acceptors (Lipinski definition) is 4. The monoisotopic (exact) mass is 335 g/mol. The average molecular weight is 336 g/mol. The third kappa shape index (κ3) is 5.16. The van der Waals surface area contributed by atoms with Crippen LogP contribution in [0.4, 0.5) is 5.69 Å². The molecule has 6 heteroatoms. The van der Waals surface area contributed by atoms with Crippen LogP contribution in [0.25, 0.3) is 0 Å². The fourth-order valence-corrected chi connectivity index (χ4v) is 2.15. The second-order valence-electron chi connectivity index (χ2n) is 5.13. The normalized spacial score (nSPS) is 11.8. The Morgan fingerprint density at radius 2 is 1.96 bits per heavy atom. The molecular weight excluding hydrogens is 318 g/mol. The van der Waals surface area contributed by atoms with Crippen molar-refractivity contribution in [2.75, 3.05) is 18.5 Å². The van der Waals surface area contributed by atoms with Crippen LogP contribution in [0, 0.1) is 6.92 Å². The van der Waals surface area contributed by atoms with Gasteiger partial charge in [-0.25, -0.2) is 4.79 Å². The van der Waals surface area contributed by atoms with Gasteiger partial charge in [0.1, 0.15) is 18.5 Å². The molecule has 1 unspecified atom stereocenters. The molecule has 0 radical (unpaired) electrons. The number of carboxylic acid groups (broad SMARTS) is 1. The molecule has 2 rings (SSSR count). The first-order chi connectivity index (χ1) is 11.0. The van der Waals surface area contributed by atoms with E-state index in [1.165, 1.54) is 6.07 Å². The van der Waals surface area contributed by atoms with Gasteiger partial charge in [0.25, 0.3) is 0 Å². The third-order valence-electron chi connectivity index (χ3n) is 3.26. The molecule has 2 aromatic rings. The van der Waals surface area contributed by atoms with Crippen molar-refractivity contribution in [1.29, 1.82) is 0 Å². The summed E-state index contributed by atoms with van der Waals surface area (Å²) in [6, 6.07) is 11.9. The van der Waals surface area contributed by atoms with Crippen molar-refractivity contribution in [3.05, 3.63) is 58.6 Å². The maximum atomic E-state index is 10.9. The van der Waals surface area contributed by atoms with E-state index in [2.05, 4.69) is 5.32 Å². The highest BCUT2D eigenvalue weighted by molar-refractivity contribution is 6.30. The van der Waals surface area contributed by atoms with Gasteiger partial charge in [-0.3, -0.25) is 0 Å². The lowest BCUT2D eigenvalue weighted by molar-refractivity contribution is 0.0696. The molecule has 0 aliphatic heterocycles. The lowest BCUT2D eigenvalue weighted by atomic mass is 10.1. The maximum Gasteiger partial charge on any atom is 0.335 e. The predicted molar refractivity (Wildman–Crippen MR) is 89.6 cm³/mol. The first kappa shape index (κ1) is 17.1. The average Bonchev–Trinajstić information content (AvgIpc) is 2.52. The van der Waals surface area contributed by atoms with Gasteiger partial charge in [-0.15, -0.1) is 0 Å². The Kier molecular flexibility index (Phi) is 5.84. The van der Waals surface area contributed by atoms with Crippen molar-refractivity contribution >= 4 is 23.3 Å². The van der Waals surface area contributed by atoms with Gasteiger partial charge in [0, 0.05) is 17.3 Å². The molecule has 0 aromatic heterocycles. The van der Waals surface area contributed by atoms with Crippen molar-refractivity contribution in [2.45, 2.75) is 13.0 Å². The van der Waals surface area contributed by atoms with E-state index in [1.54, 1.807) is 31.2 Å². The van der Waals surface area contributed by atoms with Gasteiger partial charge in [0.05, 0.1) is 5.56 Å². The Morgan fingerprint density at radius 3 is 2.57 bits per heavy atom. The Hall–Kier alpha value is -2.24. The molecule has 2 aromatic carbocycles. The van der Waals surface area contributed by atoms with Gasteiger partial charge in [-0.2, -0.15) is 0 Å². The molecule has 0 saturated carbocycles. The lowest BCUT2D eigenvalue weighted by Crippen LogP contribution is -2.26. The lowest BCUT2D eigenvalue weighted by Gasteiger charge is -2.14. The molecule has 0 fully saturated rings. The number of halogens is 1. The fraction of sp³-hybridized carbons (Fsp3) is 0.235. The highest BCUT2D eigenvalue weighted by atomic mass is 35.5. The number of carboxylic acids is 1. The summed E-state index contributed by atoms with van der Waals surface area (Å²) in [6.07, 6.45) is -0.704. The largest absolute Gasteiger partial charge is 0.491 e. The molecule has 0 saturated heterocycles. The molecule has 0 aliphatic carbocycles. The number of hydrogen-bond donors (Lipinski definition) is 3. The third-order valence-corrected chi connectivity index (χ3v) is 3.51. The van der Waals surface area contributed by atoms with Gasteiger partial charge >= 0.3 is 5.97 Å². The Morgan fingerprint density at radius 1 is 1.26 bits per heavy atom. The molecule has 0 spiro atoms. The van der Waals surface area contributed by atoms with Gasteiger partial charge in [0.15, 0.2) is 0 Å². The zero-order chi connectivity index (χ0) is 16.8. The van der Waals surface area contributed by atoms with Crippen LogP contribution in [-0.4, -0.2) is 35.4 Å². The number of aromatic carboxylic acids is 1. The quantitative estimate of drug-likeness (QED) is 0.724. The summed E-state index contributed by atoms with van der Waals surface area (Å²) in [4.78, 5) is 10.9. The van der Waals surface area contributed by atoms with E-state index in [-0.39, 0.29) is 12.2 Å². The van der Waals surface area contributed by atoms with Crippen LogP contribution >= 0.6 is 11.6 Å². The number of ether oxygens (including phenoxy) is 1. The molecule has 3 N–H and O–H groups in total. The summed E-state index contributed by atoms with van der Waals surface area (Å²) in [5.74, 6) is -0.445. The number of aliphatic hydroxyl groups excluding tert-OH is 1. The van der Waals surface area contributed by atoms with E-state index < -0.39 is 12.1 Å². The SMILES string of the molecule is Cc1cc(OCC(O)CNc2ccc(Cl)cc2)ccc1C(=O)O. The summed E-state index contributed by atoms with van der Waals surface area (Å²) in [6.45, 7) is 2.13. The predicted octanol–water partition coefficient (Wildman–Crippen LogP) is 3.20. The highest BCUT2D eigenvalue weighted by Crippen LogP contribution is 2.18. The topological polar surface area (TPSA) is 78.8 Å². The van der Waals surface area contributed by atoms with Crippen LogP contribution in [0.5, 0.6) is 5.75 Å². The van der Waals surface area contributed by atoms with E-state index in [0.717, 1.165) is 5.69 Å². The van der Waals surface area contributed by atoms with Crippen LogP contribution < -0.4 is 10.1 Å². The van der Waals surface area contributed by atoms with Crippen LogP contribution in [0.15, 0.2) is 42.5 Å². The number of aliphatic hydroxyl groups is 1. The first-order valence-corrected chi connectivity index (χ1v) is 7.48. The summed E-state index contributed by atoms with van der Waals surface area (Å²) in [5.41, 5.74) is 1.71. The number of anilines is 1. The molecule has 1 atom stereocenters. The van der Waals surface area contributed by atoms with E-state index in [9.17, 15) is 9.90 Å². The molecular formula is C17H18ClNO4. The minimum atomic E-state index is -0.971. The van der Waals surface area contributed by atoms with Crippen molar-refractivity contribution in [2.24, 2.45) is 0 Å². The standard InChI is InChI=1S/C17H18ClNO4/c1-11-8-15(6-7-16(11)17(21)22)23-10-14(20)9-19-13-4-2-12(18)3-5-13/h2-8,14,19-20H,9-10H2,1H3,(H,21,22). The van der Waals surface area contributed by atoms with E-state index >= 15 is 0 Å². The summed E-state index contributed by atoms with van der Waals surface area (Å²) < 4.78 is 5.49. The van der Waals surface area contributed by atoms with Crippen molar-refractivity contribution in [1.82, 2.24) is 0 Å². The van der Waals surface area contributed by atoms with Gasteiger partial charge in [0.2, 0.25) is 0 Å². The van der Waals surface area contributed by atoms with Crippen LogP contribution in [0.3, 0.4) is 0 Å².